The Balaban J connectivity index is 2.96. The van der Waals surface area contributed by atoms with Gasteiger partial charge in [0.15, 0.2) is 5.82 Å². The molecule has 5 nitrogen and oxygen atoms in total. The van der Waals surface area contributed by atoms with Crippen molar-refractivity contribution >= 4 is 34.9 Å². The van der Waals surface area contributed by atoms with Gasteiger partial charge in [-0.05, 0) is 24.6 Å². The maximum Gasteiger partial charge on any atom is 0.252 e. The van der Waals surface area contributed by atoms with E-state index in [0.29, 0.717) is 16.4 Å². The van der Waals surface area contributed by atoms with Crippen LogP contribution in [0, 0.1) is 0 Å². The molecule has 0 saturated heterocycles. The predicted octanol–water partition coefficient (Wildman–Crippen LogP) is 2.96. The number of hydrogen-bond donors (Lipinski definition) is 2. The van der Waals surface area contributed by atoms with Crippen molar-refractivity contribution in [1.29, 1.82) is 0 Å². The Morgan fingerprint density at radius 3 is 2.75 bits per heavy atom. The van der Waals surface area contributed by atoms with E-state index in [9.17, 15) is 4.79 Å². The topological polar surface area (TPSA) is 66.9 Å². The molecule has 0 aliphatic heterocycles. The maximum absolute atomic E-state index is 11.7. The first kappa shape index (κ1) is 16.2. The minimum absolute atomic E-state index is 0.0660. The summed E-state index contributed by atoms with van der Waals surface area (Å²) in [5.41, 5.74) is 0.413. The van der Waals surface area contributed by atoms with Gasteiger partial charge in [-0.15, -0.1) is 0 Å². The number of nitrogens with one attached hydrogen (secondary N) is 2. The average molecular weight is 313 g/mol. The van der Waals surface area contributed by atoms with Gasteiger partial charge in [0.25, 0.3) is 5.91 Å². The van der Waals surface area contributed by atoms with Gasteiger partial charge in [0.2, 0.25) is 5.28 Å². The highest BCUT2D eigenvalue weighted by Crippen LogP contribution is 2.19. The van der Waals surface area contributed by atoms with E-state index in [1.165, 1.54) is 12.4 Å². The summed E-state index contributed by atoms with van der Waals surface area (Å²) in [5, 5.41) is 5.74. The van der Waals surface area contributed by atoms with E-state index in [1.807, 2.05) is 19.1 Å². The molecule has 0 radical (unpaired) electrons. The molecule has 20 heavy (non-hydrogen) atoms. The van der Waals surface area contributed by atoms with Crippen molar-refractivity contribution in [2.45, 2.75) is 6.92 Å². The molecule has 1 amide bonds. The molecule has 0 saturated carbocycles. The molecule has 0 fully saturated rings. The number of rotatable bonds is 5. The van der Waals surface area contributed by atoms with Crippen LogP contribution in [0.5, 0.6) is 0 Å². The lowest BCUT2D eigenvalue weighted by molar-refractivity contribution is -0.116. The van der Waals surface area contributed by atoms with E-state index in [-0.39, 0.29) is 11.2 Å². The fraction of sp³-hybridized carbons (Fsp3) is 0.154. The zero-order chi connectivity index (χ0) is 15.0. The van der Waals surface area contributed by atoms with Gasteiger partial charge in [0.05, 0.1) is 11.8 Å². The number of halogens is 2. The van der Waals surface area contributed by atoms with Crippen LogP contribution in [-0.4, -0.2) is 22.9 Å². The predicted molar refractivity (Wildman–Crippen MR) is 81.8 cm³/mol. The second-order valence-electron chi connectivity index (χ2n) is 3.54. The number of hydrogen-bond acceptors (Lipinski definition) is 4. The van der Waals surface area contributed by atoms with Crippen LogP contribution >= 0.6 is 23.2 Å². The van der Waals surface area contributed by atoms with E-state index in [2.05, 4.69) is 20.6 Å². The molecule has 1 rings (SSSR count). The number of likely N-dealkylation sites (N-methyl/N-ethyl adjacent to an activating group) is 1. The first-order valence-electron chi connectivity index (χ1n) is 5.74. The number of carbonyl (C=O) groups is 1. The van der Waals surface area contributed by atoms with Crippen molar-refractivity contribution in [3.63, 3.8) is 0 Å². The van der Waals surface area contributed by atoms with E-state index < -0.39 is 0 Å². The van der Waals surface area contributed by atoms with E-state index >= 15 is 0 Å². The molecule has 0 atom stereocenters. The summed E-state index contributed by atoms with van der Waals surface area (Å²) in [6.07, 6.45) is 9.93. The van der Waals surface area contributed by atoms with E-state index in [4.69, 9.17) is 23.2 Å². The van der Waals surface area contributed by atoms with Crippen LogP contribution in [0.4, 0.5) is 5.82 Å². The zero-order valence-corrected chi connectivity index (χ0v) is 12.5. The van der Waals surface area contributed by atoms with Crippen molar-refractivity contribution in [3.05, 3.63) is 52.6 Å². The second-order valence-corrected chi connectivity index (χ2v) is 4.29. The number of amides is 1. The third-order valence-electron chi connectivity index (χ3n) is 2.15. The largest absolute Gasteiger partial charge is 0.355 e. The van der Waals surface area contributed by atoms with E-state index in [0.717, 1.165) is 0 Å². The van der Waals surface area contributed by atoms with Gasteiger partial charge in [-0.1, -0.05) is 29.8 Å². The minimum Gasteiger partial charge on any atom is -0.355 e. The number of carbonyl (C=O) groups excluding carboxylic acids is 1. The minimum atomic E-state index is -0.241. The first-order valence-corrected chi connectivity index (χ1v) is 6.50. The average Bonchev–Trinajstić information content (AvgIpc) is 2.45. The molecular weight excluding hydrogens is 299 g/mol. The van der Waals surface area contributed by atoms with Gasteiger partial charge in [-0.2, -0.15) is 4.98 Å². The van der Waals surface area contributed by atoms with Gasteiger partial charge >= 0.3 is 0 Å². The zero-order valence-electron chi connectivity index (χ0n) is 11.0. The van der Waals surface area contributed by atoms with Crippen LogP contribution in [0.25, 0.3) is 0 Å². The second kappa shape index (κ2) is 8.35. The summed E-state index contributed by atoms with van der Waals surface area (Å²) in [6, 6.07) is 0. The summed E-state index contributed by atoms with van der Waals surface area (Å²) in [6.45, 7) is 1.88. The Kier molecular flexibility index (Phi) is 6.76. The standard InChI is InChI=1S/C13H14Cl2N4O/c1-3-4-5-6-9(12(20)16-2)7-17-11-10(14)8-18-13(15)19-11/h3-8H,1-2H3,(H,16,20)(H,17,18,19)/b4-3-,6-5-,9-7-. The van der Waals surface area contributed by atoms with Gasteiger partial charge in [0.1, 0.15) is 5.02 Å². The Morgan fingerprint density at radius 2 is 2.10 bits per heavy atom. The quantitative estimate of drug-likeness (QED) is 0.498. The molecule has 0 spiro atoms. The molecule has 0 unspecified atom stereocenters. The Hall–Kier alpha value is -1.85. The molecule has 0 aromatic carbocycles. The number of nitrogens with zero attached hydrogens (tertiary/aromatic N) is 2. The summed E-state index contributed by atoms with van der Waals surface area (Å²) >= 11 is 11.6. The Labute approximate surface area is 127 Å². The van der Waals surface area contributed by atoms with Crippen LogP contribution < -0.4 is 10.6 Å². The van der Waals surface area contributed by atoms with E-state index in [1.54, 1.807) is 19.2 Å². The van der Waals surface area contributed by atoms with Crippen LogP contribution in [0.1, 0.15) is 6.92 Å². The molecular formula is C13H14Cl2N4O. The maximum atomic E-state index is 11.7. The molecule has 1 aromatic rings. The SMILES string of the molecule is C\C=C/C=C\C(=C\Nc1nc(Cl)ncc1Cl)C(=O)NC. The van der Waals surface area contributed by atoms with Crippen LogP contribution in [0.2, 0.25) is 10.3 Å². The molecule has 2 N–H and O–H groups in total. The van der Waals surface area contributed by atoms with Crippen molar-refractivity contribution in [3.8, 4) is 0 Å². The van der Waals surface area contributed by atoms with Gasteiger partial charge in [-0.25, -0.2) is 4.98 Å². The van der Waals surface area contributed by atoms with Gasteiger partial charge in [0, 0.05) is 13.2 Å². The summed E-state index contributed by atoms with van der Waals surface area (Å²) in [5.74, 6) is 0.0852. The third kappa shape index (κ3) is 5.03. The monoisotopic (exact) mass is 312 g/mol. The van der Waals surface area contributed by atoms with Crippen molar-refractivity contribution < 1.29 is 4.79 Å². The summed E-state index contributed by atoms with van der Waals surface area (Å²) in [4.78, 5) is 19.4. The third-order valence-corrected chi connectivity index (χ3v) is 2.61. The van der Waals surface area contributed by atoms with Gasteiger partial charge in [-0.3, -0.25) is 4.79 Å². The Morgan fingerprint density at radius 1 is 1.35 bits per heavy atom. The molecule has 7 heteroatoms. The van der Waals surface area contributed by atoms with Crippen molar-refractivity contribution in [2.75, 3.05) is 12.4 Å². The lowest BCUT2D eigenvalue weighted by atomic mass is 10.2. The Bertz CT molecular complexity index is 567. The van der Waals surface area contributed by atoms with Gasteiger partial charge < -0.3 is 10.6 Å². The first-order chi connectivity index (χ1) is 9.58. The molecule has 0 aliphatic rings. The lowest BCUT2D eigenvalue weighted by Gasteiger charge is -2.05. The molecule has 0 aliphatic carbocycles. The number of allylic oxidation sites excluding steroid dienone is 3. The summed E-state index contributed by atoms with van der Waals surface area (Å²) in [7, 11) is 1.55. The fourth-order valence-corrected chi connectivity index (χ4v) is 1.48. The summed E-state index contributed by atoms with van der Waals surface area (Å²) < 4.78 is 0. The molecule has 1 heterocycles. The molecule has 0 bridgehead atoms. The lowest BCUT2D eigenvalue weighted by Crippen LogP contribution is -2.19. The smallest absolute Gasteiger partial charge is 0.252 e. The highest BCUT2D eigenvalue weighted by Gasteiger charge is 2.06. The highest BCUT2D eigenvalue weighted by atomic mass is 35.5. The number of aromatic nitrogens is 2. The van der Waals surface area contributed by atoms with Crippen molar-refractivity contribution in [1.82, 2.24) is 15.3 Å². The fourth-order valence-electron chi connectivity index (χ4n) is 1.20. The normalized spacial score (nSPS) is 12.1. The number of anilines is 1. The molecule has 106 valence electrons. The van der Waals surface area contributed by atoms with Crippen LogP contribution in [0.15, 0.2) is 42.3 Å². The van der Waals surface area contributed by atoms with Crippen LogP contribution in [-0.2, 0) is 4.79 Å². The molecule has 1 aromatic heterocycles. The highest BCUT2D eigenvalue weighted by molar-refractivity contribution is 6.33. The van der Waals surface area contributed by atoms with Crippen molar-refractivity contribution in [2.24, 2.45) is 0 Å². The van der Waals surface area contributed by atoms with Crippen LogP contribution in [0.3, 0.4) is 0 Å².